The van der Waals surface area contributed by atoms with E-state index in [1.165, 1.54) is 6.07 Å². The maximum Gasteiger partial charge on any atom is 0.326 e. The Morgan fingerprint density at radius 1 is 1.35 bits per heavy atom. The number of halogens is 2. The van der Waals surface area contributed by atoms with Crippen molar-refractivity contribution in [2.45, 2.75) is 25.8 Å². The fraction of sp³-hybridized carbons (Fsp3) is 0.286. The summed E-state index contributed by atoms with van der Waals surface area (Å²) in [6, 6.07) is 2.02. The summed E-state index contributed by atoms with van der Waals surface area (Å²) in [5.74, 6) is -3.80. The van der Waals surface area contributed by atoms with E-state index in [-0.39, 0.29) is 18.4 Å². The first kappa shape index (κ1) is 15.8. The molecule has 0 aliphatic carbocycles. The SMILES string of the molecule is C=C(C)C[C@H](NC(=O)Cc1ccc(F)c(F)c1)C(=O)O. The summed E-state index contributed by atoms with van der Waals surface area (Å²) in [7, 11) is 0. The van der Waals surface area contributed by atoms with E-state index in [9.17, 15) is 18.4 Å². The summed E-state index contributed by atoms with van der Waals surface area (Å²) in [6.07, 6.45) is -0.115. The summed E-state index contributed by atoms with van der Waals surface area (Å²) >= 11 is 0. The van der Waals surface area contributed by atoms with E-state index in [1.54, 1.807) is 6.92 Å². The van der Waals surface area contributed by atoms with Crippen LogP contribution in [0.15, 0.2) is 30.4 Å². The van der Waals surface area contributed by atoms with Crippen molar-refractivity contribution >= 4 is 11.9 Å². The summed E-state index contributed by atoms with van der Waals surface area (Å²) in [4.78, 5) is 22.6. The molecule has 0 saturated heterocycles. The van der Waals surface area contributed by atoms with Crippen LogP contribution in [0.5, 0.6) is 0 Å². The van der Waals surface area contributed by atoms with E-state index >= 15 is 0 Å². The van der Waals surface area contributed by atoms with Gasteiger partial charge in [0.15, 0.2) is 11.6 Å². The largest absolute Gasteiger partial charge is 0.480 e. The third-order valence-corrected chi connectivity index (χ3v) is 2.53. The highest BCUT2D eigenvalue weighted by molar-refractivity contribution is 5.85. The second-order valence-electron chi connectivity index (χ2n) is 4.54. The Labute approximate surface area is 115 Å². The number of benzene rings is 1. The molecule has 108 valence electrons. The zero-order chi connectivity index (χ0) is 15.3. The molecule has 1 aromatic rings. The molecule has 1 atom stereocenters. The minimum absolute atomic E-state index is 0.110. The van der Waals surface area contributed by atoms with Gasteiger partial charge < -0.3 is 10.4 Å². The molecular weight excluding hydrogens is 268 g/mol. The first-order valence-electron chi connectivity index (χ1n) is 5.90. The van der Waals surface area contributed by atoms with Crippen LogP contribution in [-0.4, -0.2) is 23.0 Å². The Morgan fingerprint density at radius 3 is 2.50 bits per heavy atom. The summed E-state index contributed by atoms with van der Waals surface area (Å²) in [5, 5.41) is 11.3. The fourth-order valence-electron chi connectivity index (χ4n) is 1.63. The van der Waals surface area contributed by atoms with Crippen LogP contribution in [0.4, 0.5) is 8.78 Å². The lowest BCUT2D eigenvalue weighted by Gasteiger charge is -2.14. The van der Waals surface area contributed by atoms with Gasteiger partial charge in [-0.25, -0.2) is 13.6 Å². The van der Waals surface area contributed by atoms with Gasteiger partial charge in [0.25, 0.3) is 0 Å². The van der Waals surface area contributed by atoms with Crippen molar-refractivity contribution < 1.29 is 23.5 Å². The molecule has 0 bridgehead atoms. The third kappa shape index (κ3) is 4.79. The Balaban J connectivity index is 2.67. The highest BCUT2D eigenvalue weighted by Crippen LogP contribution is 2.10. The monoisotopic (exact) mass is 283 g/mol. The van der Waals surface area contributed by atoms with Gasteiger partial charge in [0.1, 0.15) is 6.04 Å². The fourth-order valence-corrected chi connectivity index (χ4v) is 1.63. The lowest BCUT2D eigenvalue weighted by atomic mass is 10.1. The molecular formula is C14H15F2NO3. The number of amides is 1. The first-order valence-corrected chi connectivity index (χ1v) is 5.90. The number of rotatable bonds is 6. The highest BCUT2D eigenvalue weighted by atomic mass is 19.2. The Kier molecular flexibility index (Phi) is 5.37. The van der Waals surface area contributed by atoms with Crippen molar-refractivity contribution in [1.82, 2.24) is 5.32 Å². The molecule has 0 saturated carbocycles. The maximum atomic E-state index is 13.0. The maximum absolute atomic E-state index is 13.0. The first-order chi connectivity index (χ1) is 9.29. The van der Waals surface area contributed by atoms with Crippen LogP contribution in [0, 0.1) is 11.6 Å². The van der Waals surface area contributed by atoms with E-state index in [4.69, 9.17) is 5.11 Å². The van der Waals surface area contributed by atoms with Crippen molar-refractivity contribution in [3.05, 3.63) is 47.5 Å². The molecule has 0 aliphatic heterocycles. The highest BCUT2D eigenvalue weighted by Gasteiger charge is 2.20. The lowest BCUT2D eigenvalue weighted by molar-refractivity contribution is -0.141. The number of aliphatic carboxylic acids is 1. The normalized spacial score (nSPS) is 11.8. The predicted octanol–water partition coefficient (Wildman–Crippen LogP) is 2.04. The molecule has 0 spiro atoms. The predicted molar refractivity (Wildman–Crippen MR) is 69.1 cm³/mol. The van der Waals surface area contributed by atoms with E-state index in [1.807, 2.05) is 0 Å². The van der Waals surface area contributed by atoms with Gasteiger partial charge in [0, 0.05) is 0 Å². The van der Waals surface area contributed by atoms with Crippen molar-refractivity contribution in [3.63, 3.8) is 0 Å². The molecule has 0 radical (unpaired) electrons. The Morgan fingerprint density at radius 2 is 2.00 bits per heavy atom. The third-order valence-electron chi connectivity index (χ3n) is 2.53. The van der Waals surface area contributed by atoms with Crippen LogP contribution >= 0.6 is 0 Å². The van der Waals surface area contributed by atoms with Crippen LogP contribution in [0.3, 0.4) is 0 Å². The lowest BCUT2D eigenvalue weighted by Crippen LogP contribution is -2.41. The number of hydrogen-bond donors (Lipinski definition) is 2. The average molecular weight is 283 g/mol. The molecule has 1 rings (SSSR count). The minimum atomic E-state index is -1.17. The number of nitrogens with one attached hydrogen (secondary N) is 1. The summed E-state index contributed by atoms with van der Waals surface area (Å²) in [5.41, 5.74) is 0.881. The smallest absolute Gasteiger partial charge is 0.326 e. The molecule has 2 N–H and O–H groups in total. The van der Waals surface area contributed by atoms with Crippen LogP contribution < -0.4 is 5.32 Å². The van der Waals surface area contributed by atoms with E-state index in [0.717, 1.165) is 12.1 Å². The molecule has 0 fully saturated rings. The van der Waals surface area contributed by atoms with Crippen LogP contribution in [0.2, 0.25) is 0 Å². The molecule has 20 heavy (non-hydrogen) atoms. The van der Waals surface area contributed by atoms with E-state index < -0.39 is 29.6 Å². The van der Waals surface area contributed by atoms with Gasteiger partial charge >= 0.3 is 5.97 Å². The van der Waals surface area contributed by atoms with Crippen molar-refractivity contribution in [3.8, 4) is 0 Å². The van der Waals surface area contributed by atoms with Gasteiger partial charge in [0.05, 0.1) is 6.42 Å². The number of carboxylic acid groups (broad SMARTS) is 1. The molecule has 6 heteroatoms. The van der Waals surface area contributed by atoms with Crippen LogP contribution in [-0.2, 0) is 16.0 Å². The van der Waals surface area contributed by atoms with Gasteiger partial charge in [-0.1, -0.05) is 11.6 Å². The zero-order valence-electron chi connectivity index (χ0n) is 11.0. The van der Waals surface area contributed by atoms with Gasteiger partial charge in [-0.15, -0.1) is 6.58 Å². The summed E-state index contributed by atoms with van der Waals surface area (Å²) in [6.45, 7) is 5.23. The molecule has 0 aliphatic rings. The molecule has 0 unspecified atom stereocenters. The van der Waals surface area contributed by atoms with Crippen LogP contribution in [0.1, 0.15) is 18.9 Å². The van der Waals surface area contributed by atoms with E-state index in [2.05, 4.69) is 11.9 Å². The molecule has 4 nitrogen and oxygen atoms in total. The van der Waals surface area contributed by atoms with Crippen LogP contribution in [0.25, 0.3) is 0 Å². The average Bonchev–Trinajstić information content (AvgIpc) is 2.32. The topological polar surface area (TPSA) is 66.4 Å². The van der Waals surface area contributed by atoms with Gasteiger partial charge in [0.2, 0.25) is 5.91 Å². The summed E-state index contributed by atoms with van der Waals surface area (Å²) < 4.78 is 25.7. The number of hydrogen-bond acceptors (Lipinski definition) is 2. The standard InChI is InChI=1S/C14H15F2NO3/c1-8(2)5-12(14(19)20)17-13(18)7-9-3-4-10(15)11(16)6-9/h3-4,6,12H,1,5,7H2,2H3,(H,17,18)(H,19,20)/t12-/m0/s1. The van der Waals surface area contributed by atoms with Crippen molar-refractivity contribution in [2.24, 2.45) is 0 Å². The number of carbonyl (C=O) groups excluding carboxylic acids is 1. The molecule has 1 amide bonds. The molecule has 1 aromatic carbocycles. The van der Waals surface area contributed by atoms with Gasteiger partial charge in [-0.3, -0.25) is 4.79 Å². The molecule has 0 aromatic heterocycles. The molecule has 0 heterocycles. The number of carbonyl (C=O) groups is 2. The Hall–Kier alpha value is -2.24. The number of carboxylic acids is 1. The van der Waals surface area contributed by atoms with Gasteiger partial charge in [-0.2, -0.15) is 0 Å². The van der Waals surface area contributed by atoms with E-state index in [0.29, 0.717) is 5.57 Å². The Bertz CT molecular complexity index is 543. The second-order valence-corrected chi connectivity index (χ2v) is 4.54. The zero-order valence-corrected chi connectivity index (χ0v) is 11.0. The quantitative estimate of drug-likeness (QED) is 0.785. The second kappa shape index (κ2) is 6.79. The minimum Gasteiger partial charge on any atom is -0.480 e. The van der Waals surface area contributed by atoms with Crippen molar-refractivity contribution in [1.29, 1.82) is 0 Å². The van der Waals surface area contributed by atoms with Crippen molar-refractivity contribution in [2.75, 3.05) is 0 Å². The van der Waals surface area contributed by atoms with Gasteiger partial charge in [-0.05, 0) is 31.0 Å².